The number of hydrogen-bond donors (Lipinski definition) is 4. The minimum absolute atomic E-state index is 0.0257. The Labute approximate surface area is 125 Å². The molecule has 1 aliphatic rings. The molecule has 1 fully saturated rings. The van der Waals surface area contributed by atoms with Crippen LogP contribution in [-0.4, -0.2) is 35.6 Å². The van der Waals surface area contributed by atoms with Gasteiger partial charge in [-0.15, -0.1) is 0 Å². The predicted molar refractivity (Wildman–Crippen MR) is 76.6 cm³/mol. The first-order chi connectivity index (χ1) is 9.95. The van der Waals surface area contributed by atoms with Crippen LogP contribution in [0.2, 0.25) is 5.02 Å². The summed E-state index contributed by atoms with van der Waals surface area (Å²) in [5.41, 5.74) is 0.238. The van der Waals surface area contributed by atoms with Crippen molar-refractivity contribution in [3.05, 3.63) is 28.8 Å². The van der Waals surface area contributed by atoms with Crippen LogP contribution in [0.1, 0.15) is 23.2 Å². The summed E-state index contributed by atoms with van der Waals surface area (Å²) in [4.78, 5) is 33.6. The minimum Gasteiger partial charge on any atom is -0.478 e. The average molecular weight is 312 g/mol. The highest BCUT2D eigenvalue weighted by Crippen LogP contribution is 2.23. The van der Waals surface area contributed by atoms with Crippen molar-refractivity contribution in [1.29, 1.82) is 0 Å². The molecule has 0 spiro atoms. The fourth-order valence-electron chi connectivity index (χ4n) is 1.97. The van der Waals surface area contributed by atoms with Gasteiger partial charge < -0.3 is 21.1 Å². The van der Waals surface area contributed by atoms with Crippen molar-refractivity contribution in [3.63, 3.8) is 0 Å². The van der Waals surface area contributed by atoms with Crippen LogP contribution in [-0.2, 0) is 4.79 Å². The number of rotatable bonds is 4. The fourth-order valence-corrected chi connectivity index (χ4v) is 2.13. The lowest BCUT2D eigenvalue weighted by Gasteiger charge is -2.13. The van der Waals surface area contributed by atoms with Gasteiger partial charge in [-0.2, -0.15) is 0 Å². The third-order valence-corrected chi connectivity index (χ3v) is 3.39. The van der Waals surface area contributed by atoms with Crippen LogP contribution in [0.25, 0.3) is 0 Å². The summed E-state index contributed by atoms with van der Waals surface area (Å²) in [7, 11) is 0. The first kappa shape index (κ1) is 15.1. The molecule has 1 aromatic rings. The topological polar surface area (TPSA) is 108 Å². The van der Waals surface area contributed by atoms with Gasteiger partial charge >= 0.3 is 12.0 Å². The zero-order chi connectivity index (χ0) is 15.4. The van der Waals surface area contributed by atoms with E-state index in [0.717, 1.165) is 0 Å². The van der Waals surface area contributed by atoms with Crippen LogP contribution >= 0.6 is 11.6 Å². The molecule has 0 bridgehead atoms. The summed E-state index contributed by atoms with van der Waals surface area (Å²) in [6.45, 7) is 0.299. The summed E-state index contributed by atoms with van der Waals surface area (Å²) in [5, 5.41) is 16.9. The number of halogens is 1. The van der Waals surface area contributed by atoms with Gasteiger partial charge in [-0.05, 0) is 24.6 Å². The zero-order valence-corrected chi connectivity index (χ0v) is 11.7. The van der Waals surface area contributed by atoms with Gasteiger partial charge in [0.15, 0.2) is 0 Å². The van der Waals surface area contributed by atoms with Gasteiger partial charge in [0.1, 0.15) is 0 Å². The van der Waals surface area contributed by atoms with Crippen LogP contribution in [0.3, 0.4) is 0 Å². The summed E-state index contributed by atoms with van der Waals surface area (Å²) < 4.78 is 0. The lowest BCUT2D eigenvalue weighted by atomic mass is 10.2. The van der Waals surface area contributed by atoms with Gasteiger partial charge in [0.05, 0.1) is 16.3 Å². The molecular weight excluding hydrogens is 298 g/mol. The lowest BCUT2D eigenvalue weighted by Crippen LogP contribution is -2.40. The highest BCUT2D eigenvalue weighted by molar-refractivity contribution is 6.33. The van der Waals surface area contributed by atoms with E-state index in [-0.39, 0.29) is 28.2 Å². The quantitative estimate of drug-likeness (QED) is 0.674. The number of anilines is 1. The summed E-state index contributed by atoms with van der Waals surface area (Å²) in [5.74, 6) is -1.14. The Morgan fingerprint density at radius 1 is 1.43 bits per heavy atom. The predicted octanol–water partition coefficient (Wildman–Crippen LogP) is 1.44. The third kappa shape index (κ3) is 4.09. The maximum atomic E-state index is 11.7. The maximum Gasteiger partial charge on any atom is 0.335 e. The maximum absolute atomic E-state index is 11.7. The second-order valence-electron chi connectivity index (χ2n) is 4.64. The number of carboxylic acids is 1. The first-order valence-electron chi connectivity index (χ1n) is 6.33. The van der Waals surface area contributed by atoms with Crippen molar-refractivity contribution in [2.75, 3.05) is 11.9 Å². The number of carbonyl (C=O) groups excluding carboxylic acids is 2. The standard InChI is InChI=1S/C13H14ClN3O4/c14-9-3-1-7(12(19)20)5-10(9)17-13(21)15-6-8-2-4-11(18)16-8/h1,3,5,8H,2,4,6H2,(H,16,18)(H,19,20)(H2,15,17,21). The van der Waals surface area contributed by atoms with E-state index in [0.29, 0.717) is 19.4 Å². The van der Waals surface area contributed by atoms with E-state index < -0.39 is 12.0 Å². The number of aromatic carboxylic acids is 1. The van der Waals surface area contributed by atoms with Gasteiger partial charge in [-0.3, -0.25) is 4.79 Å². The van der Waals surface area contributed by atoms with E-state index in [2.05, 4.69) is 16.0 Å². The number of carbonyl (C=O) groups is 3. The Morgan fingerprint density at radius 2 is 2.19 bits per heavy atom. The SMILES string of the molecule is O=C1CCC(CNC(=O)Nc2cc(C(=O)O)ccc2Cl)N1. The molecule has 0 radical (unpaired) electrons. The number of urea groups is 1. The Balaban J connectivity index is 1.91. The van der Waals surface area contributed by atoms with E-state index >= 15 is 0 Å². The number of nitrogens with one attached hydrogen (secondary N) is 3. The van der Waals surface area contributed by atoms with E-state index in [1.165, 1.54) is 18.2 Å². The minimum atomic E-state index is -1.11. The monoisotopic (exact) mass is 311 g/mol. The average Bonchev–Trinajstić information content (AvgIpc) is 2.84. The molecule has 112 valence electrons. The number of carboxylic acid groups (broad SMARTS) is 1. The molecule has 1 atom stereocenters. The van der Waals surface area contributed by atoms with Gasteiger partial charge in [0.2, 0.25) is 5.91 Å². The van der Waals surface area contributed by atoms with Crippen molar-refractivity contribution in [1.82, 2.24) is 10.6 Å². The van der Waals surface area contributed by atoms with Crippen LogP contribution in [0.4, 0.5) is 10.5 Å². The molecule has 1 saturated heterocycles. The highest BCUT2D eigenvalue weighted by atomic mass is 35.5. The smallest absolute Gasteiger partial charge is 0.335 e. The molecule has 1 aromatic carbocycles. The Morgan fingerprint density at radius 3 is 2.81 bits per heavy atom. The number of benzene rings is 1. The van der Waals surface area contributed by atoms with E-state index in [1.807, 2.05) is 0 Å². The Kier molecular flexibility index (Phi) is 4.64. The molecule has 1 heterocycles. The molecule has 0 aromatic heterocycles. The molecule has 7 nitrogen and oxygen atoms in total. The highest BCUT2D eigenvalue weighted by Gasteiger charge is 2.21. The van der Waals surface area contributed by atoms with Crippen molar-refractivity contribution < 1.29 is 19.5 Å². The van der Waals surface area contributed by atoms with E-state index in [1.54, 1.807) is 0 Å². The van der Waals surface area contributed by atoms with E-state index in [9.17, 15) is 14.4 Å². The van der Waals surface area contributed by atoms with Gasteiger partial charge in [-0.25, -0.2) is 9.59 Å². The van der Waals surface area contributed by atoms with Gasteiger partial charge in [-0.1, -0.05) is 11.6 Å². The summed E-state index contributed by atoms with van der Waals surface area (Å²) in [6.07, 6.45) is 1.13. The molecular formula is C13H14ClN3O4. The summed E-state index contributed by atoms with van der Waals surface area (Å²) in [6, 6.07) is 3.44. The Bertz CT molecular complexity index is 591. The van der Waals surface area contributed by atoms with Crippen molar-refractivity contribution >= 4 is 35.2 Å². The number of hydrogen-bond acceptors (Lipinski definition) is 3. The molecule has 3 amide bonds. The largest absolute Gasteiger partial charge is 0.478 e. The van der Waals surface area contributed by atoms with Crippen molar-refractivity contribution in [2.45, 2.75) is 18.9 Å². The first-order valence-corrected chi connectivity index (χ1v) is 6.70. The normalized spacial score (nSPS) is 17.2. The molecule has 1 aliphatic heterocycles. The second-order valence-corrected chi connectivity index (χ2v) is 5.05. The molecule has 1 unspecified atom stereocenters. The lowest BCUT2D eigenvalue weighted by molar-refractivity contribution is -0.119. The summed E-state index contributed by atoms with van der Waals surface area (Å²) >= 11 is 5.90. The Hall–Kier alpha value is -2.28. The molecule has 2 rings (SSSR count). The van der Waals surface area contributed by atoms with Crippen molar-refractivity contribution in [3.8, 4) is 0 Å². The van der Waals surface area contributed by atoms with Crippen LogP contribution in [0, 0.1) is 0 Å². The van der Waals surface area contributed by atoms with E-state index in [4.69, 9.17) is 16.7 Å². The molecule has 0 aliphatic carbocycles. The van der Waals surface area contributed by atoms with Gasteiger partial charge in [0.25, 0.3) is 0 Å². The fraction of sp³-hybridized carbons (Fsp3) is 0.308. The van der Waals surface area contributed by atoms with Crippen LogP contribution in [0.5, 0.6) is 0 Å². The zero-order valence-electron chi connectivity index (χ0n) is 11.0. The van der Waals surface area contributed by atoms with Crippen LogP contribution < -0.4 is 16.0 Å². The van der Waals surface area contributed by atoms with Crippen LogP contribution in [0.15, 0.2) is 18.2 Å². The molecule has 4 N–H and O–H groups in total. The third-order valence-electron chi connectivity index (χ3n) is 3.06. The van der Waals surface area contributed by atoms with Crippen molar-refractivity contribution in [2.24, 2.45) is 0 Å². The molecule has 8 heteroatoms. The number of amides is 3. The van der Waals surface area contributed by atoms with Gasteiger partial charge in [0, 0.05) is 19.0 Å². The molecule has 0 saturated carbocycles. The second kappa shape index (κ2) is 6.45. The molecule has 21 heavy (non-hydrogen) atoms.